The van der Waals surface area contributed by atoms with Gasteiger partial charge in [-0.3, -0.25) is 9.58 Å². The largest absolute Gasteiger partial charge is 0.298 e. The van der Waals surface area contributed by atoms with Crippen LogP contribution in [0.2, 0.25) is 0 Å². The zero-order valence-corrected chi connectivity index (χ0v) is 14.4. The second-order valence-electron chi connectivity index (χ2n) is 5.95. The molecule has 1 aliphatic heterocycles. The summed E-state index contributed by atoms with van der Waals surface area (Å²) in [6.07, 6.45) is 2.61. The highest BCUT2D eigenvalue weighted by molar-refractivity contribution is 7.92. The van der Waals surface area contributed by atoms with E-state index in [9.17, 15) is 8.42 Å². The summed E-state index contributed by atoms with van der Waals surface area (Å²) in [5.74, 6) is 0.275. The van der Waals surface area contributed by atoms with Gasteiger partial charge in [-0.1, -0.05) is 13.8 Å². The molecule has 6 heteroatoms. The predicted octanol–water partition coefficient (Wildman–Crippen LogP) is 1.55. The van der Waals surface area contributed by atoms with Crippen LogP contribution in [0.25, 0.3) is 0 Å². The van der Waals surface area contributed by atoms with Gasteiger partial charge >= 0.3 is 0 Å². The van der Waals surface area contributed by atoms with Crippen LogP contribution < -0.4 is 0 Å². The fraction of sp³-hybridized carbons (Fsp3) is 0.800. The Kier molecular flexibility index (Phi) is 5.09. The van der Waals surface area contributed by atoms with Crippen molar-refractivity contribution in [2.75, 3.05) is 18.8 Å². The fourth-order valence-corrected chi connectivity index (χ4v) is 4.45. The predicted molar refractivity (Wildman–Crippen MR) is 85.1 cm³/mol. The van der Waals surface area contributed by atoms with Gasteiger partial charge in [-0.15, -0.1) is 0 Å². The van der Waals surface area contributed by atoms with Gasteiger partial charge in [-0.05, 0) is 32.7 Å². The molecule has 1 aromatic rings. The number of hydrogen-bond donors (Lipinski definition) is 0. The Morgan fingerprint density at radius 2 is 1.95 bits per heavy atom. The molecule has 1 aliphatic rings. The highest BCUT2D eigenvalue weighted by Gasteiger charge is 2.27. The van der Waals surface area contributed by atoms with Crippen LogP contribution in [0.1, 0.15) is 44.1 Å². The molecule has 1 saturated heterocycles. The van der Waals surface area contributed by atoms with Gasteiger partial charge in [0.05, 0.1) is 16.7 Å². The lowest BCUT2D eigenvalue weighted by Crippen LogP contribution is -2.27. The van der Waals surface area contributed by atoms with Crippen LogP contribution >= 0.6 is 0 Å². The summed E-state index contributed by atoms with van der Waals surface area (Å²) in [5.41, 5.74) is 3.72. The van der Waals surface area contributed by atoms with Crippen molar-refractivity contribution in [1.82, 2.24) is 14.7 Å². The maximum Gasteiger partial charge on any atom is 0.154 e. The summed E-state index contributed by atoms with van der Waals surface area (Å²) < 4.78 is 26.0. The first-order chi connectivity index (χ1) is 9.89. The van der Waals surface area contributed by atoms with Crippen LogP contribution in [0.4, 0.5) is 0 Å². The number of sulfone groups is 1. The quantitative estimate of drug-likeness (QED) is 0.846. The number of aromatic nitrogens is 2. The van der Waals surface area contributed by atoms with Crippen LogP contribution in [-0.4, -0.2) is 47.2 Å². The number of hydrogen-bond acceptors (Lipinski definition) is 4. The lowest BCUT2D eigenvalue weighted by molar-refractivity contribution is 0.282. The molecule has 0 spiro atoms. The van der Waals surface area contributed by atoms with Gasteiger partial charge in [0, 0.05) is 31.4 Å². The molecule has 0 aromatic carbocycles. The molecule has 0 N–H and O–H groups in total. The standard InChI is InChI=1S/C15H27N3O2S/c1-5-14-13(15(6-2)17(4)16-14)11-18-8-7-12(3)21(19,20)10-9-18/h12H,5-11H2,1-4H3. The maximum absolute atomic E-state index is 12.0. The fourth-order valence-electron chi connectivity index (χ4n) is 3.07. The topological polar surface area (TPSA) is 55.2 Å². The van der Waals surface area contributed by atoms with E-state index in [1.807, 2.05) is 18.7 Å². The molecule has 1 aromatic heterocycles. The second-order valence-corrected chi connectivity index (χ2v) is 8.48. The van der Waals surface area contributed by atoms with Gasteiger partial charge in [0.15, 0.2) is 9.84 Å². The molecular weight excluding hydrogens is 286 g/mol. The average Bonchev–Trinajstić information content (AvgIpc) is 2.69. The summed E-state index contributed by atoms with van der Waals surface area (Å²) in [7, 11) is -0.915. The highest BCUT2D eigenvalue weighted by atomic mass is 32.2. The van der Waals surface area contributed by atoms with E-state index in [4.69, 9.17) is 0 Å². The zero-order valence-electron chi connectivity index (χ0n) is 13.6. The van der Waals surface area contributed by atoms with Gasteiger partial charge in [-0.2, -0.15) is 5.10 Å². The van der Waals surface area contributed by atoms with Crippen molar-refractivity contribution in [3.05, 3.63) is 17.0 Å². The number of rotatable bonds is 4. The summed E-state index contributed by atoms with van der Waals surface area (Å²) in [6, 6.07) is 0. The zero-order chi connectivity index (χ0) is 15.6. The van der Waals surface area contributed by atoms with Crippen molar-refractivity contribution in [3.8, 4) is 0 Å². The minimum absolute atomic E-state index is 0.215. The van der Waals surface area contributed by atoms with E-state index in [2.05, 4.69) is 23.8 Å². The maximum atomic E-state index is 12.0. The van der Waals surface area contributed by atoms with Crippen LogP contribution in [0, 0.1) is 0 Å². The molecule has 0 radical (unpaired) electrons. The summed E-state index contributed by atoms with van der Waals surface area (Å²) in [5, 5.41) is 4.39. The van der Waals surface area contributed by atoms with E-state index in [0.717, 1.165) is 38.0 Å². The van der Waals surface area contributed by atoms with E-state index in [1.165, 1.54) is 11.3 Å². The highest BCUT2D eigenvalue weighted by Crippen LogP contribution is 2.20. The molecular formula is C15H27N3O2S. The van der Waals surface area contributed by atoms with E-state index >= 15 is 0 Å². The van der Waals surface area contributed by atoms with Gasteiger partial charge in [0.25, 0.3) is 0 Å². The molecule has 1 unspecified atom stereocenters. The van der Waals surface area contributed by atoms with Crippen molar-refractivity contribution < 1.29 is 8.42 Å². The van der Waals surface area contributed by atoms with E-state index in [1.54, 1.807) is 0 Å². The molecule has 120 valence electrons. The van der Waals surface area contributed by atoms with E-state index in [-0.39, 0.29) is 11.0 Å². The summed E-state index contributed by atoms with van der Waals surface area (Å²) in [6.45, 7) is 8.41. The van der Waals surface area contributed by atoms with Crippen molar-refractivity contribution in [1.29, 1.82) is 0 Å². The Morgan fingerprint density at radius 1 is 1.24 bits per heavy atom. The van der Waals surface area contributed by atoms with Crippen molar-refractivity contribution >= 4 is 9.84 Å². The van der Waals surface area contributed by atoms with Crippen molar-refractivity contribution in [2.45, 2.75) is 51.8 Å². The smallest absolute Gasteiger partial charge is 0.154 e. The van der Waals surface area contributed by atoms with Gasteiger partial charge < -0.3 is 0 Å². The Balaban J connectivity index is 2.19. The molecule has 5 nitrogen and oxygen atoms in total. The van der Waals surface area contributed by atoms with Crippen LogP contribution in [0.15, 0.2) is 0 Å². The molecule has 0 aliphatic carbocycles. The molecule has 1 atom stereocenters. The summed E-state index contributed by atoms with van der Waals surface area (Å²) in [4.78, 5) is 2.27. The molecule has 1 fully saturated rings. The lowest BCUT2D eigenvalue weighted by atomic mass is 10.1. The van der Waals surface area contributed by atoms with Gasteiger partial charge in [0.1, 0.15) is 0 Å². The molecule has 21 heavy (non-hydrogen) atoms. The van der Waals surface area contributed by atoms with E-state index < -0.39 is 9.84 Å². The van der Waals surface area contributed by atoms with Gasteiger partial charge in [-0.25, -0.2) is 8.42 Å². The second kappa shape index (κ2) is 6.48. The minimum atomic E-state index is -2.91. The number of aryl methyl sites for hydroxylation is 2. The van der Waals surface area contributed by atoms with Crippen LogP contribution in [-0.2, 0) is 36.3 Å². The Hall–Kier alpha value is -0.880. The Labute approximate surface area is 128 Å². The molecule has 0 bridgehead atoms. The van der Waals surface area contributed by atoms with Crippen molar-refractivity contribution in [3.63, 3.8) is 0 Å². The molecule has 0 amide bonds. The minimum Gasteiger partial charge on any atom is -0.298 e. The Morgan fingerprint density at radius 3 is 2.57 bits per heavy atom. The monoisotopic (exact) mass is 313 g/mol. The number of nitrogens with zero attached hydrogens (tertiary/aromatic N) is 3. The van der Waals surface area contributed by atoms with Crippen molar-refractivity contribution in [2.24, 2.45) is 7.05 Å². The van der Waals surface area contributed by atoms with E-state index in [0.29, 0.717) is 6.54 Å². The van der Waals surface area contributed by atoms with Crippen LogP contribution in [0.5, 0.6) is 0 Å². The third-order valence-electron chi connectivity index (χ3n) is 4.57. The SMILES string of the molecule is CCc1nn(C)c(CC)c1CN1CCC(C)S(=O)(=O)CC1. The lowest BCUT2D eigenvalue weighted by Gasteiger charge is -2.20. The third-order valence-corrected chi connectivity index (χ3v) is 6.78. The summed E-state index contributed by atoms with van der Waals surface area (Å²) >= 11 is 0. The normalized spacial score (nSPS) is 23.1. The first kappa shape index (κ1) is 16.5. The third kappa shape index (κ3) is 3.48. The van der Waals surface area contributed by atoms with Gasteiger partial charge in [0.2, 0.25) is 0 Å². The average molecular weight is 313 g/mol. The first-order valence-corrected chi connectivity index (χ1v) is 9.58. The molecule has 0 saturated carbocycles. The molecule has 2 rings (SSSR count). The van der Waals surface area contributed by atoms with Crippen LogP contribution in [0.3, 0.4) is 0 Å². The molecule has 2 heterocycles. The first-order valence-electron chi connectivity index (χ1n) is 7.86. The Bertz CT molecular complexity index is 592.